The lowest BCUT2D eigenvalue weighted by molar-refractivity contribution is -0.827. The van der Waals surface area contributed by atoms with Crippen molar-refractivity contribution >= 4 is 0 Å². The van der Waals surface area contributed by atoms with Crippen LogP contribution >= 0.6 is 0 Å². The third kappa shape index (κ3) is 1.90. The Hall–Kier alpha value is -2.66. The molecule has 2 fully saturated rings. The number of epoxide rings is 2. The molecule has 0 radical (unpaired) electrons. The number of halogens is 2. The Morgan fingerprint density at radius 2 is 1.09 bits per heavy atom. The molecule has 15 nitrogen and oxygen atoms in total. The van der Waals surface area contributed by atoms with Crippen LogP contribution in [0.15, 0.2) is 0 Å². The number of nitro groups is 4. The molecular formula is C6H4F2N4O11. The van der Waals surface area contributed by atoms with E-state index in [1.165, 1.54) is 0 Å². The Bertz CT molecular complexity index is 568. The molecule has 128 valence electrons. The molecule has 0 saturated carbocycles. The standard InChI is InChI=1S/C6H4F2N4O11/c7-5(11(17)18,3(1-21-3)9(13)14)23-6(8,12(19)20)4(2-22-4)10(15)16/h1-2H2. The van der Waals surface area contributed by atoms with Gasteiger partial charge in [-0.05, 0) is 0 Å². The highest BCUT2D eigenvalue weighted by atomic mass is 19.2. The first kappa shape index (κ1) is 16.7. The first-order valence-corrected chi connectivity index (χ1v) is 5.33. The number of hydrogen-bond donors (Lipinski definition) is 0. The number of hydrogen-bond acceptors (Lipinski definition) is 11. The molecular weight excluding hydrogens is 342 g/mol. The minimum Gasteiger partial charge on any atom is -0.291 e. The normalized spacial score (nSPS) is 33.8. The average Bonchev–Trinajstić information content (AvgIpc) is 3.28. The average molecular weight is 346 g/mol. The van der Waals surface area contributed by atoms with E-state index in [2.05, 4.69) is 14.2 Å². The van der Waals surface area contributed by atoms with E-state index >= 15 is 0 Å². The van der Waals surface area contributed by atoms with E-state index in [1.807, 2.05) is 0 Å². The second-order valence-corrected chi connectivity index (χ2v) is 4.40. The van der Waals surface area contributed by atoms with Crippen LogP contribution in [0.2, 0.25) is 0 Å². The predicted molar refractivity (Wildman–Crippen MR) is 54.1 cm³/mol. The van der Waals surface area contributed by atoms with E-state index in [9.17, 15) is 49.2 Å². The van der Waals surface area contributed by atoms with Crippen molar-refractivity contribution in [2.75, 3.05) is 13.2 Å². The molecule has 0 aromatic heterocycles. The van der Waals surface area contributed by atoms with Gasteiger partial charge in [-0.2, -0.15) is 4.74 Å². The van der Waals surface area contributed by atoms with E-state index in [4.69, 9.17) is 0 Å². The summed E-state index contributed by atoms with van der Waals surface area (Å²) in [6, 6.07) is 0. The largest absolute Gasteiger partial charge is 0.586 e. The second-order valence-electron chi connectivity index (χ2n) is 4.40. The van der Waals surface area contributed by atoms with Crippen molar-refractivity contribution in [1.82, 2.24) is 0 Å². The van der Waals surface area contributed by atoms with Gasteiger partial charge < -0.3 is 0 Å². The van der Waals surface area contributed by atoms with E-state index in [-0.39, 0.29) is 0 Å². The molecule has 2 saturated heterocycles. The highest BCUT2D eigenvalue weighted by molar-refractivity contribution is 4.95. The summed E-state index contributed by atoms with van der Waals surface area (Å²) in [6.07, 6.45) is 0. The molecule has 0 amide bonds. The van der Waals surface area contributed by atoms with Crippen molar-refractivity contribution in [3.63, 3.8) is 0 Å². The molecule has 4 unspecified atom stereocenters. The second kappa shape index (κ2) is 4.43. The van der Waals surface area contributed by atoms with E-state index in [1.54, 1.807) is 0 Å². The number of alkyl halides is 2. The molecule has 0 bridgehead atoms. The van der Waals surface area contributed by atoms with Gasteiger partial charge in [-0.3, -0.25) is 49.9 Å². The first-order valence-electron chi connectivity index (χ1n) is 5.33. The summed E-state index contributed by atoms with van der Waals surface area (Å²) in [5, 5.41) is 42.9. The smallest absolute Gasteiger partial charge is 0.291 e. The third-order valence-electron chi connectivity index (χ3n) is 3.13. The summed E-state index contributed by atoms with van der Waals surface area (Å²) >= 11 is 0. The molecule has 2 aliphatic rings. The molecule has 0 aromatic rings. The molecule has 0 spiro atoms. The fourth-order valence-electron chi connectivity index (χ4n) is 1.63. The molecule has 23 heavy (non-hydrogen) atoms. The minimum absolute atomic E-state index is 1.28. The summed E-state index contributed by atoms with van der Waals surface area (Å²) in [5.41, 5.74) is -7.17. The van der Waals surface area contributed by atoms with Crippen LogP contribution < -0.4 is 0 Å². The van der Waals surface area contributed by atoms with Gasteiger partial charge in [0.25, 0.3) is 0 Å². The SMILES string of the molecule is O=[N+]([O-])C(F)(OC(F)([N+](=O)[O-])C1([N+](=O)[O-])CO1)C1([N+](=O)[O-])CO1. The van der Waals surface area contributed by atoms with Crippen LogP contribution in [0, 0.1) is 40.5 Å². The highest BCUT2D eigenvalue weighted by Gasteiger charge is 2.95. The van der Waals surface area contributed by atoms with Crippen molar-refractivity contribution in [2.45, 2.75) is 23.4 Å². The Morgan fingerprint density at radius 1 is 0.826 bits per heavy atom. The Labute approximate surface area is 121 Å². The van der Waals surface area contributed by atoms with Crippen LogP contribution in [-0.4, -0.2) is 56.3 Å². The van der Waals surface area contributed by atoms with Crippen LogP contribution in [0.5, 0.6) is 0 Å². The summed E-state index contributed by atoms with van der Waals surface area (Å²) in [6.45, 7) is -2.56. The molecule has 0 aliphatic carbocycles. The van der Waals surface area contributed by atoms with Crippen molar-refractivity contribution in [3.05, 3.63) is 40.5 Å². The van der Waals surface area contributed by atoms with E-state index < -0.39 is 56.3 Å². The third-order valence-corrected chi connectivity index (χ3v) is 3.13. The molecule has 2 aliphatic heterocycles. The van der Waals surface area contributed by atoms with Gasteiger partial charge in [-0.15, -0.1) is 8.78 Å². The summed E-state index contributed by atoms with van der Waals surface area (Å²) in [5.74, 6) is -9.85. The molecule has 0 aromatic carbocycles. The van der Waals surface area contributed by atoms with Crippen molar-refractivity contribution in [1.29, 1.82) is 0 Å². The Morgan fingerprint density at radius 3 is 1.22 bits per heavy atom. The van der Waals surface area contributed by atoms with Gasteiger partial charge in [0.15, 0.2) is 13.2 Å². The number of rotatable bonds is 8. The first-order chi connectivity index (χ1) is 10.4. The maximum absolute atomic E-state index is 14.4. The lowest BCUT2D eigenvalue weighted by Gasteiger charge is -2.22. The molecule has 2 heterocycles. The lowest BCUT2D eigenvalue weighted by Crippen LogP contribution is -2.65. The van der Waals surface area contributed by atoms with E-state index in [0.717, 1.165) is 0 Å². The monoisotopic (exact) mass is 346 g/mol. The zero-order valence-electron chi connectivity index (χ0n) is 10.4. The number of nitrogens with zero attached hydrogens (tertiary/aromatic N) is 4. The molecule has 0 N–H and O–H groups in total. The van der Waals surface area contributed by atoms with Gasteiger partial charge in [0.05, 0.1) is 9.85 Å². The van der Waals surface area contributed by atoms with Crippen LogP contribution in [0.3, 0.4) is 0 Å². The van der Waals surface area contributed by atoms with Gasteiger partial charge in [0.2, 0.25) is 0 Å². The maximum Gasteiger partial charge on any atom is 0.586 e. The lowest BCUT2D eigenvalue weighted by atomic mass is 10.2. The zero-order chi connectivity index (χ0) is 17.8. The summed E-state index contributed by atoms with van der Waals surface area (Å²) in [7, 11) is 0. The molecule has 17 heteroatoms. The molecule has 4 atom stereocenters. The fourth-order valence-corrected chi connectivity index (χ4v) is 1.63. The minimum atomic E-state index is -4.92. The maximum atomic E-state index is 14.4. The van der Waals surface area contributed by atoms with Gasteiger partial charge in [0, 0.05) is 0 Å². The van der Waals surface area contributed by atoms with Crippen LogP contribution in [0.4, 0.5) is 8.78 Å². The topological polar surface area (TPSA) is 207 Å². The zero-order valence-corrected chi connectivity index (χ0v) is 10.4. The van der Waals surface area contributed by atoms with Crippen LogP contribution in [0.1, 0.15) is 0 Å². The van der Waals surface area contributed by atoms with Gasteiger partial charge in [-0.1, -0.05) is 0 Å². The van der Waals surface area contributed by atoms with E-state index in [0.29, 0.717) is 0 Å². The van der Waals surface area contributed by atoms with Crippen LogP contribution in [0.25, 0.3) is 0 Å². The fraction of sp³-hybridized carbons (Fsp3) is 1.00. The number of ether oxygens (including phenoxy) is 3. The van der Waals surface area contributed by atoms with Gasteiger partial charge >= 0.3 is 23.4 Å². The van der Waals surface area contributed by atoms with Crippen molar-refractivity contribution in [2.24, 2.45) is 0 Å². The Balaban J connectivity index is 2.50. The van der Waals surface area contributed by atoms with Crippen LogP contribution in [-0.2, 0) is 14.2 Å². The highest BCUT2D eigenvalue weighted by Crippen LogP contribution is 2.50. The molecule has 2 rings (SSSR count). The summed E-state index contributed by atoms with van der Waals surface area (Å²) < 4.78 is 40.1. The quantitative estimate of drug-likeness (QED) is 0.168. The van der Waals surface area contributed by atoms with Gasteiger partial charge in [-0.25, -0.2) is 0 Å². The van der Waals surface area contributed by atoms with Crippen molar-refractivity contribution < 1.29 is 42.7 Å². The van der Waals surface area contributed by atoms with Crippen molar-refractivity contribution in [3.8, 4) is 0 Å². The predicted octanol–water partition coefficient (Wildman–Crippen LogP) is -1.19. The summed E-state index contributed by atoms with van der Waals surface area (Å²) in [4.78, 5) is 35.1. The Kier molecular flexibility index (Phi) is 3.21. The van der Waals surface area contributed by atoms with Gasteiger partial charge in [0.1, 0.15) is 9.85 Å².